The lowest BCUT2D eigenvalue weighted by Gasteiger charge is -2.20. The normalized spacial score (nSPS) is 13.2. The number of hydrogen-bond acceptors (Lipinski definition) is 6. The topological polar surface area (TPSA) is 112 Å². The van der Waals surface area contributed by atoms with Crippen LogP contribution in [0.4, 0.5) is 13.6 Å². The second-order valence-electron chi connectivity index (χ2n) is 12.0. The van der Waals surface area contributed by atoms with Crippen LogP contribution >= 0.6 is 0 Å². The monoisotopic (exact) mass is 611 g/mol. The van der Waals surface area contributed by atoms with Crippen LogP contribution in [0.3, 0.4) is 0 Å². The first-order valence-electron chi connectivity index (χ1n) is 14.1. The van der Waals surface area contributed by atoms with Gasteiger partial charge in [-0.15, -0.1) is 0 Å². The highest BCUT2D eigenvalue weighted by Gasteiger charge is 2.37. The summed E-state index contributed by atoms with van der Waals surface area (Å²) in [5.41, 5.74) is 1.62. The van der Waals surface area contributed by atoms with E-state index in [2.05, 4.69) is 10.3 Å². The Morgan fingerprint density at radius 3 is 2.22 bits per heavy atom. The molecule has 4 aromatic carbocycles. The number of carbonyl (C=O) groups is 3. The minimum absolute atomic E-state index is 0.0137. The van der Waals surface area contributed by atoms with E-state index in [0.717, 1.165) is 5.56 Å². The molecule has 0 spiro atoms. The van der Waals surface area contributed by atoms with E-state index >= 15 is 4.39 Å². The Balaban J connectivity index is 1.63. The number of H-pyrrole nitrogens is 1. The number of carbonyl (C=O) groups excluding carboxylic acids is 3. The van der Waals surface area contributed by atoms with Gasteiger partial charge in [-0.3, -0.25) is 14.9 Å². The third-order valence-electron chi connectivity index (χ3n) is 8.00. The summed E-state index contributed by atoms with van der Waals surface area (Å²) in [4.78, 5) is 43.9. The van der Waals surface area contributed by atoms with Crippen LogP contribution in [0.2, 0.25) is 0 Å². The van der Waals surface area contributed by atoms with E-state index in [1.807, 2.05) is 6.07 Å². The fourth-order valence-corrected chi connectivity index (χ4v) is 6.29. The van der Waals surface area contributed by atoms with Crippen LogP contribution in [0.25, 0.3) is 43.6 Å². The molecule has 0 bridgehead atoms. The van der Waals surface area contributed by atoms with Gasteiger partial charge in [0.05, 0.1) is 47.4 Å². The number of fused-ring (bicyclic) bond motifs is 10. The van der Waals surface area contributed by atoms with Crippen LogP contribution in [0.1, 0.15) is 52.6 Å². The van der Waals surface area contributed by atoms with E-state index in [1.54, 1.807) is 40.0 Å². The molecule has 6 aromatic rings. The molecule has 0 aliphatic carbocycles. The Morgan fingerprint density at radius 2 is 1.53 bits per heavy atom. The predicted molar refractivity (Wildman–Crippen MR) is 165 cm³/mol. The number of rotatable bonds is 4. The summed E-state index contributed by atoms with van der Waals surface area (Å²) >= 11 is 0. The first kappa shape index (κ1) is 28.3. The molecule has 0 saturated heterocycles. The Morgan fingerprint density at radius 1 is 0.822 bits per heavy atom. The van der Waals surface area contributed by atoms with Crippen LogP contribution < -0.4 is 14.8 Å². The van der Waals surface area contributed by atoms with Gasteiger partial charge in [0.15, 0.2) is 0 Å². The molecule has 45 heavy (non-hydrogen) atoms. The molecule has 1 aliphatic heterocycles. The third kappa shape index (κ3) is 4.29. The number of nitrogens with zero attached hydrogens (tertiary/aromatic N) is 1. The summed E-state index contributed by atoms with van der Waals surface area (Å²) in [7, 11) is 3.07. The number of halogens is 2. The Labute approximate surface area is 254 Å². The average Bonchev–Trinajstić information content (AvgIpc) is 3.61. The molecule has 228 valence electrons. The van der Waals surface area contributed by atoms with Crippen LogP contribution in [0.5, 0.6) is 11.5 Å². The second-order valence-corrected chi connectivity index (χ2v) is 12.0. The van der Waals surface area contributed by atoms with Gasteiger partial charge < -0.3 is 19.2 Å². The lowest BCUT2D eigenvalue weighted by molar-refractivity contribution is 0.0551. The average molecular weight is 612 g/mol. The summed E-state index contributed by atoms with van der Waals surface area (Å²) in [6.45, 7) is 5.13. The van der Waals surface area contributed by atoms with E-state index in [0.29, 0.717) is 33.5 Å². The number of methoxy groups -OCH3 is 2. The zero-order valence-electron chi connectivity index (χ0n) is 25.0. The van der Waals surface area contributed by atoms with E-state index in [9.17, 15) is 18.8 Å². The molecule has 0 fully saturated rings. The smallest absolute Gasteiger partial charge is 0.419 e. The number of aromatic nitrogens is 2. The first-order chi connectivity index (χ1) is 21.4. The van der Waals surface area contributed by atoms with Crippen molar-refractivity contribution in [3.63, 3.8) is 0 Å². The molecule has 7 rings (SSSR count). The summed E-state index contributed by atoms with van der Waals surface area (Å²) in [5, 5.41) is 3.37. The van der Waals surface area contributed by atoms with Crippen LogP contribution in [-0.4, -0.2) is 47.3 Å². The van der Waals surface area contributed by atoms with E-state index < -0.39 is 35.1 Å². The van der Waals surface area contributed by atoms with Crippen LogP contribution in [0, 0.1) is 11.6 Å². The molecule has 0 unspecified atom stereocenters. The van der Waals surface area contributed by atoms with Gasteiger partial charge in [0.1, 0.15) is 28.7 Å². The van der Waals surface area contributed by atoms with Crippen molar-refractivity contribution in [1.82, 2.24) is 14.9 Å². The molecule has 0 radical (unpaired) electrons. The molecule has 3 heterocycles. The van der Waals surface area contributed by atoms with Gasteiger partial charge in [-0.2, -0.15) is 0 Å². The summed E-state index contributed by atoms with van der Waals surface area (Å²) in [6, 6.07) is 11.8. The predicted octanol–water partition coefficient (Wildman–Crippen LogP) is 6.98. The zero-order valence-corrected chi connectivity index (χ0v) is 25.0. The van der Waals surface area contributed by atoms with Crippen LogP contribution in [-0.2, 0) is 11.2 Å². The Kier molecular flexibility index (Phi) is 6.16. The van der Waals surface area contributed by atoms with Crippen molar-refractivity contribution in [3.05, 3.63) is 82.4 Å². The molecular formula is C34H27F2N3O6. The standard InChI is InChI=1S/C34H27F2N3O6/c1-34(2,3)45-33(42)39-22-9-7-17(35)12-20(22)25-27-26(31(40)38-32(27)41)24-21-13-18(36)11-16(28(21)37-29(24)30(25)39)10-15-6-8-19(43-4)14-23(15)44-5/h6-9,11-14,37H,10H2,1-5H3,(H,38,40,41). The highest BCUT2D eigenvalue weighted by Crippen LogP contribution is 2.45. The van der Waals surface area contributed by atoms with Crippen molar-refractivity contribution in [1.29, 1.82) is 0 Å². The molecule has 2 amide bonds. The van der Waals surface area contributed by atoms with Gasteiger partial charge in [-0.1, -0.05) is 6.07 Å². The molecule has 0 atom stereocenters. The van der Waals surface area contributed by atoms with Crippen molar-refractivity contribution < 1.29 is 37.4 Å². The highest BCUT2D eigenvalue weighted by atomic mass is 19.1. The molecular weight excluding hydrogens is 584 g/mol. The number of imide groups is 1. The lowest BCUT2D eigenvalue weighted by Crippen LogP contribution is -2.27. The quantitative estimate of drug-likeness (QED) is 0.208. The van der Waals surface area contributed by atoms with Crippen molar-refractivity contribution >= 4 is 61.5 Å². The number of ether oxygens (including phenoxy) is 3. The number of benzene rings is 4. The number of nitrogens with one attached hydrogen (secondary N) is 2. The van der Waals surface area contributed by atoms with Gasteiger partial charge >= 0.3 is 6.09 Å². The summed E-state index contributed by atoms with van der Waals surface area (Å²) < 4.78 is 48.0. The van der Waals surface area contributed by atoms with E-state index in [4.69, 9.17) is 14.2 Å². The van der Waals surface area contributed by atoms with Crippen molar-refractivity contribution in [2.45, 2.75) is 32.8 Å². The molecule has 11 heteroatoms. The zero-order chi connectivity index (χ0) is 31.9. The molecule has 0 saturated carbocycles. The van der Waals surface area contributed by atoms with Gasteiger partial charge in [-0.25, -0.2) is 18.1 Å². The molecule has 2 aromatic heterocycles. The number of amides is 2. The van der Waals surface area contributed by atoms with Crippen molar-refractivity contribution in [3.8, 4) is 11.5 Å². The van der Waals surface area contributed by atoms with Crippen molar-refractivity contribution in [2.24, 2.45) is 0 Å². The molecule has 2 N–H and O–H groups in total. The minimum Gasteiger partial charge on any atom is -0.497 e. The van der Waals surface area contributed by atoms with Gasteiger partial charge in [-0.05, 0) is 68.3 Å². The van der Waals surface area contributed by atoms with Gasteiger partial charge in [0, 0.05) is 34.0 Å². The third-order valence-corrected chi connectivity index (χ3v) is 8.00. The second kappa shape index (κ2) is 9.78. The lowest BCUT2D eigenvalue weighted by atomic mass is 9.95. The highest BCUT2D eigenvalue weighted by molar-refractivity contribution is 6.40. The van der Waals surface area contributed by atoms with E-state index in [1.165, 1.54) is 42.0 Å². The maximum absolute atomic E-state index is 15.4. The van der Waals surface area contributed by atoms with Gasteiger partial charge in [0.2, 0.25) is 0 Å². The maximum atomic E-state index is 15.4. The maximum Gasteiger partial charge on any atom is 0.419 e. The summed E-state index contributed by atoms with van der Waals surface area (Å²) in [5.74, 6) is -1.44. The Bertz CT molecular complexity index is 2290. The van der Waals surface area contributed by atoms with Gasteiger partial charge in [0.25, 0.3) is 11.8 Å². The Hall–Kier alpha value is -5.45. The molecule has 1 aliphatic rings. The number of aromatic amines is 1. The number of hydrogen-bond donors (Lipinski definition) is 2. The van der Waals surface area contributed by atoms with Crippen LogP contribution in [0.15, 0.2) is 48.5 Å². The fraction of sp³-hybridized carbons (Fsp3) is 0.206. The first-order valence-corrected chi connectivity index (χ1v) is 14.1. The molecule has 9 nitrogen and oxygen atoms in total. The van der Waals surface area contributed by atoms with E-state index in [-0.39, 0.29) is 44.7 Å². The largest absolute Gasteiger partial charge is 0.497 e. The van der Waals surface area contributed by atoms with Crippen molar-refractivity contribution in [2.75, 3.05) is 14.2 Å². The SMILES string of the molecule is COc1ccc(Cc2cc(F)cc3c2[nH]c2c3c3c(c4c5cc(F)ccc5n(C(=O)OC(C)(C)C)c24)C(=O)NC3=O)c(OC)c1. The minimum atomic E-state index is -0.891. The summed E-state index contributed by atoms with van der Waals surface area (Å²) in [6.07, 6.45) is -0.543. The fourth-order valence-electron chi connectivity index (χ4n) is 6.29.